The molecule has 2 heterocycles. The number of rotatable bonds is 11. The molecule has 0 saturated heterocycles. The molecule has 7 rings (SSSR count). The van der Waals surface area contributed by atoms with Crippen LogP contribution in [0, 0.1) is 0 Å². The van der Waals surface area contributed by atoms with E-state index in [0.29, 0.717) is 12.5 Å². The topological polar surface area (TPSA) is 63.2 Å². The first-order valence-corrected chi connectivity index (χ1v) is 44.6. The summed E-state index contributed by atoms with van der Waals surface area (Å²) in [4.78, 5) is 0. The summed E-state index contributed by atoms with van der Waals surface area (Å²) in [5.41, 5.74) is 11.8. The van der Waals surface area contributed by atoms with Gasteiger partial charge in [0, 0.05) is 27.5 Å². The molecule has 77 heavy (non-hydrogen) atoms. The van der Waals surface area contributed by atoms with Gasteiger partial charge in [-0.3, -0.25) is 4.52 Å². The number of hydrogen-bond donors (Lipinski definition) is 0. The monoisotopic (exact) mass is 1150 g/mol. The Morgan fingerprint density at radius 1 is 0.442 bits per heavy atom. The lowest BCUT2D eigenvalue weighted by molar-refractivity contribution is 0.232. The summed E-state index contributed by atoms with van der Waals surface area (Å²) in [6.45, 7) is 66.5. The zero-order chi connectivity index (χ0) is 57.9. The highest BCUT2D eigenvalue weighted by Gasteiger charge is 2.38. The van der Waals surface area contributed by atoms with Gasteiger partial charge < -0.3 is 22.0 Å². The third-order valence-corrected chi connectivity index (χ3v) is 25.2. The average Bonchev–Trinajstić information content (AvgIpc) is 3.41. The predicted octanol–water partition coefficient (Wildman–Crippen LogP) is 19.6. The number of benzene rings is 5. The van der Waals surface area contributed by atoms with Crippen LogP contribution in [0.2, 0.25) is 78.6 Å². The molecule has 0 spiro atoms. The van der Waals surface area contributed by atoms with Crippen LogP contribution in [0.5, 0.6) is 17.2 Å². The van der Waals surface area contributed by atoms with E-state index in [2.05, 4.69) is 250 Å². The minimum absolute atomic E-state index is 0.0975. The summed E-state index contributed by atoms with van der Waals surface area (Å²) in [6.07, 6.45) is 0. The standard InChI is InChI=1S/C65H98O6P2Si4/c1-40(2)42-29-43-39-66-72(67-57(43)48(30-42)41(3)4)68-58-49(31-44(62(5,6)7)35-53(58)74(17,18)19)50-32-45(63(8,9)10)36-54(75(20,21)22)59(50)69-73-70-60-51(33-46(64(11,12)13)37-55(60)76(23,24)25)52-34-47(65(14,15)16)38-56(61(52)71-73)77(26,27)28/h29-38,40-41H,39H2,1-28H3. The summed E-state index contributed by atoms with van der Waals surface area (Å²) in [7, 11) is -12.6. The molecule has 1 atom stereocenters. The highest BCUT2D eigenvalue weighted by Crippen LogP contribution is 2.54. The van der Waals surface area contributed by atoms with Gasteiger partial charge in [0.1, 0.15) is 28.4 Å². The molecular weight excluding hydrogens is 1050 g/mol. The molecule has 0 saturated carbocycles. The Hall–Kier alpha value is -3.34. The molecule has 0 N–H and O–H groups in total. The van der Waals surface area contributed by atoms with Gasteiger partial charge in [0.2, 0.25) is 0 Å². The van der Waals surface area contributed by atoms with Crippen LogP contribution in [0.25, 0.3) is 33.1 Å². The minimum atomic E-state index is -2.25. The van der Waals surface area contributed by atoms with Crippen molar-refractivity contribution >= 4 is 91.8 Å². The van der Waals surface area contributed by atoms with Crippen molar-refractivity contribution in [3.8, 4) is 28.4 Å². The number of fused-ring (bicyclic) bond motifs is 4. The molecule has 6 aromatic rings. The van der Waals surface area contributed by atoms with E-state index in [0.717, 1.165) is 55.9 Å². The molecule has 1 aliphatic rings. The van der Waals surface area contributed by atoms with E-state index in [4.69, 9.17) is 26.5 Å². The van der Waals surface area contributed by atoms with Gasteiger partial charge in [-0.25, -0.2) is 0 Å². The Kier molecular flexibility index (Phi) is 16.6. The van der Waals surface area contributed by atoms with E-state index < -0.39 is 49.1 Å². The number of hydrogen-bond acceptors (Lipinski definition) is 6. The predicted molar refractivity (Wildman–Crippen MR) is 349 cm³/mol. The zero-order valence-electron chi connectivity index (χ0n) is 53.0. The second-order valence-corrected chi connectivity index (χ2v) is 53.4. The Labute approximate surface area is 472 Å². The van der Waals surface area contributed by atoms with Gasteiger partial charge in [0.15, 0.2) is 0 Å². The van der Waals surface area contributed by atoms with Crippen molar-refractivity contribution in [2.45, 2.75) is 229 Å². The molecule has 0 amide bonds. The van der Waals surface area contributed by atoms with Gasteiger partial charge in [-0.05, 0) is 118 Å². The second-order valence-electron chi connectivity index (χ2n) is 31.2. The van der Waals surface area contributed by atoms with Gasteiger partial charge >= 0.3 is 16.8 Å². The van der Waals surface area contributed by atoms with Crippen molar-refractivity contribution in [2.24, 2.45) is 0 Å². The molecule has 5 aromatic carbocycles. The van der Waals surface area contributed by atoms with Crippen LogP contribution in [0.4, 0.5) is 0 Å². The van der Waals surface area contributed by atoms with Crippen molar-refractivity contribution in [1.29, 1.82) is 0 Å². The molecule has 1 unspecified atom stereocenters. The Morgan fingerprint density at radius 3 is 1.16 bits per heavy atom. The molecule has 1 aliphatic heterocycles. The van der Waals surface area contributed by atoms with Gasteiger partial charge in [0.05, 0.1) is 38.9 Å². The largest absolute Gasteiger partial charge is 0.463 e. The van der Waals surface area contributed by atoms with Crippen molar-refractivity contribution in [3.63, 3.8) is 0 Å². The van der Waals surface area contributed by atoms with Crippen LogP contribution in [0.3, 0.4) is 0 Å². The van der Waals surface area contributed by atoms with Gasteiger partial charge in [-0.2, -0.15) is 0 Å². The maximum absolute atomic E-state index is 7.89. The lowest BCUT2D eigenvalue weighted by Crippen LogP contribution is -2.40. The van der Waals surface area contributed by atoms with Crippen LogP contribution in [0.1, 0.15) is 162 Å². The summed E-state index contributed by atoms with van der Waals surface area (Å²) in [6, 6.07) is 23.9. The van der Waals surface area contributed by atoms with Crippen molar-refractivity contribution in [3.05, 3.63) is 99.6 Å². The van der Waals surface area contributed by atoms with Crippen molar-refractivity contribution < 1.29 is 26.5 Å². The minimum Gasteiger partial charge on any atom is -0.417 e. The second kappa shape index (κ2) is 20.9. The lowest BCUT2D eigenvalue weighted by atomic mass is 9.83. The first kappa shape index (κ1) is 61.3. The van der Waals surface area contributed by atoms with E-state index >= 15 is 0 Å². The SMILES string of the molecule is CC(C)c1cc2c(c(C(C)C)c1)OP(Oc1c(-c3cc(C(C)(C)C)cc([Si](C)(C)C)c3Op3oc4c([Si](C)(C)C)cc(C(C)(C)C)cc4c4cc(C(C)(C)C)cc([Si](C)(C)C)c4o3)cc(C(C)(C)C)cc1[Si](C)(C)C)OC2. The fourth-order valence-corrected chi connectivity index (χ4v) is 18.4. The first-order valence-electron chi connectivity index (χ1n) is 28.4. The quantitative estimate of drug-likeness (QED) is 0.0951. The smallest absolute Gasteiger partial charge is 0.417 e. The Bertz CT molecular complexity index is 3170. The average molecular weight is 1150 g/mol. The summed E-state index contributed by atoms with van der Waals surface area (Å²) < 4.78 is 44.4. The summed E-state index contributed by atoms with van der Waals surface area (Å²) >= 11 is 0. The van der Waals surface area contributed by atoms with Gasteiger partial charge in [-0.15, -0.1) is 0 Å². The Balaban J connectivity index is 1.66. The van der Waals surface area contributed by atoms with Crippen LogP contribution in [-0.2, 0) is 32.8 Å². The molecule has 0 fully saturated rings. The fourth-order valence-electron chi connectivity index (χ4n) is 10.0. The highest BCUT2D eigenvalue weighted by atomic mass is 31.2. The van der Waals surface area contributed by atoms with E-state index in [9.17, 15) is 0 Å². The normalized spacial score (nSPS) is 15.4. The third-order valence-electron chi connectivity index (χ3n) is 15.3. The van der Waals surface area contributed by atoms with Gasteiger partial charge in [-0.1, -0.05) is 220 Å². The van der Waals surface area contributed by atoms with E-state index in [1.807, 2.05) is 0 Å². The molecular formula is C65H98O6P2Si4. The van der Waals surface area contributed by atoms with E-state index in [-0.39, 0.29) is 27.6 Å². The first-order chi connectivity index (χ1) is 34.8. The van der Waals surface area contributed by atoms with Crippen molar-refractivity contribution in [2.75, 3.05) is 0 Å². The van der Waals surface area contributed by atoms with Crippen LogP contribution < -0.4 is 34.3 Å². The molecule has 0 aliphatic carbocycles. The van der Waals surface area contributed by atoms with Crippen LogP contribution >= 0.6 is 16.8 Å². The third kappa shape index (κ3) is 13.2. The van der Waals surface area contributed by atoms with Crippen LogP contribution in [-0.4, -0.2) is 32.3 Å². The highest BCUT2D eigenvalue weighted by molar-refractivity contribution is 7.42. The lowest BCUT2D eigenvalue weighted by Gasteiger charge is -2.33. The van der Waals surface area contributed by atoms with E-state index in [1.165, 1.54) is 54.1 Å². The molecule has 6 nitrogen and oxygen atoms in total. The molecule has 420 valence electrons. The maximum Gasteiger partial charge on any atom is 0.463 e. The molecule has 12 heteroatoms. The van der Waals surface area contributed by atoms with Crippen molar-refractivity contribution in [1.82, 2.24) is 0 Å². The molecule has 0 bridgehead atoms. The van der Waals surface area contributed by atoms with Gasteiger partial charge in [0.25, 0.3) is 0 Å². The zero-order valence-corrected chi connectivity index (χ0v) is 58.8. The summed E-state index contributed by atoms with van der Waals surface area (Å²) in [5.74, 6) is 3.16. The Morgan fingerprint density at radius 2 is 0.805 bits per heavy atom. The molecule has 0 radical (unpaired) electrons. The van der Waals surface area contributed by atoms with E-state index in [1.54, 1.807) is 0 Å². The fraction of sp³-hybridized carbons (Fsp3) is 0.538. The van der Waals surface area contributed by atoms with Crippen LogP contribution in [0.15, 0.2) is 69.1 Å². The maximum atomic E-state index is 7.89. The molecule has 1 aromatic heterocycles. The summed E-state index contributed by atoms with van der Waals surface area (Å²) in [5, 5.41) is 7.20.